The fourth-order valence-corrected chi connectivity index (χ4v) is 5.26. The second-order valence-corrected chi connectivity index (χ2v) is 9.80. The molecular formula is C23H28N2O5S. The van der Waals surface area contributed by atoms with Crippen LogP contribution < -0.4 is 5.32 Å². The molecule has 1 saturated heterocycles. The number of rotatable bonds is 6. The highest BCUT2D eigenvalue weighted by Gasteiger charge is 2.31. The number of piperidine rings is 1. The lowest BCUT2D eigenvalue weighted by molar-refractivity contribution is -0.119. The molecule has 1 aliphatic heterocycles. The Hall–Kier alpha value is -2.71. The zero-order chi connectivity index (χ0) is 22.6. The third-order valence-corrected chi connectivity index (χ3v) is 7.59. The molecule has 0 radical (unpaired) electrons. The number of benzene rings is 2. The molecule has 8 heteroatoms. The van der Waals surface area contributed by atoms with E-state index in [0.29, 0.717) is 12.2 Å². The number of sulfonamides is 1. The molecule has 0 bridgehead atoms. The van der Waals surface area contributed by atoms with Crippen LogP contribution in [0.2, 0.25) is 0 Å². The summed E-state index contributed by atoms with van der Waals surface area (Å²) in [6.45, 7) is 5.90. The van der Waals surface area contributed by atoms with Gasteiger partial charge in [0.05, 0.1) is 10.5 Å². The van der Waals surface area contributed by atoms with E-state index in [1.165, 1.54) is 28.6 Å². The van der Waals surface area contributed by atoms with Crippen LogP contribution >= 0.6 is 0 Å². The van der Waals surface area contributed by atoms with Crippen LogP contribution in [0.1, 0.15) is 47.7 Å². The molecule has 0 aliphatic carbocycles. The van der Waals surface area contributed by atoms with Crippen molar-refractivity contribution in [3.8, 4) is 0 Å². The predicted octanol–water partition coefficient (Wildman–Crippen LogP) is 3.66. The van der Waals surface area contributed by atoms with Gasteiger partial charge in [-0.15, -0.1) is 0 Å². The van der Waals surface area contributed by atoms with Gasteiger partial charge in [0.2, 0.25) is 10.0 Å². The second-order valence-electron chi connectivity index (χ2n) is 7.91. The largest absolute Gasteiger partial charge is 0.452 e. The third kappa shape index (κ3) is 5.51. The van der Waals surface area contributed by atoms with Crippen molar-refractivity contribution in [2.24, 2.45) is 0 Å². The van der Waals surface area contributed by atoms with Gasteiger partial charge in [0, 0.05) is 18.3 Å². The third-order valence-electron chi connectivity index (χ3n) is 5.56. The summed E-state index contributed by atoms with van der Waals surface area (Å²) in [5, 5.41) is 2.69. The van der Waals surface area contributed by atoms with E-state index in [1.54, 1.807) is 6.07 Å². The smallest absolute Gasteiger partial charge is 0.338 e. The SMILES string of the molecule is Cc1ccc(NC(=O)COC(=O)c2ccc(S(=O)(=O)N3CCCCC3C)cc2)cc1C. The Morgan fingerprint density at radius 3 is 2.42 bits per heavy atom. The van der Waals surface area contributed by atoms with Gasteiger partial charge in [0.25, 0.3) is 5.91 Å². The van der Waals surface area contributed by atoms with Crippen LogP contribution in [0.4, 0.5) is 5.69 Å². The lowest BCUT2D eigenvalue weighted by atomic mass is 10.1. The molecule has 1 atom stereocenters. The van der Waals surface area contributed by atoms with Crippen LogP contribution in [-0.4, -0.2) is 43.8 Å². The monoisotopic (exact) mass is 444 g/mol. The molecule has 1 unspecified atom stereocenters. The van der Waals surface area contributed by atoms with E-state index in [9.17, 15) is 18.0 Å². The fourth-order valence-electron chi connectivity index (χ4n) is 3.56. The van der Waals surface area contributed by atoms with E-state index < -0.39 is 28.5 Å². The first-order chi connectivity index (χ1) is 14.7. The normalized spacial score (nSPS) is 17.2. The van der Waals surface area contributed by atoms with E-state index in [0.717, 1.165) is 30.4 Å². The van der Waals surface area contributed by atoms with Crippen molar-refractivity contribution in [3.05, 3.63) is 59.2 Å². The van der Waals surface area contributed by atoms with E-state index >= 15 is 0 Å². The van der Waals surface area contributed by atoms with Crippen molar-refractivity contribution < 1.29 is 22.7 Å². The summed E-state index contributed by atoms with van der Waals surface area (Å²) < 4.78 is 32.3. The average molecular weight is 445 g/mol. The number of aryl methyl sites for hydroxylation is 2. The number of nitrogens with zero attached hydrogens (tertiary/aromatic N) is 1. The molecule has 1 N–H and O–H groups in total. The van der Waals surface area contributed by atoms with Crippen molar-refractivity contribution in [2.75, 3.05) is 18.5 Å². The molecule has 0 spiro atoms. The Kier molecular flexibility index (Phi) is 7.12. The lowest BCUT2D eigenvalue weighted by Gasteiger charge is -2.32. The molecule has 2 aromatic rings. The Morgan fingerprint density at radius 2 is 1.77 bits per heavy atom. The van der Waals surface area contributed by atoms with Gasteiger partial charge >= 0.3 is 5.97 Å². The first kappa shape index (κ1) is 23.0. The Balaban J connectivity index is 1.58. The first-order valence-corrected chi connectivity index (χ1v) is 11.8. The summed E-state index contributed by atoms with van der Waals surface area (Å²) in [4.78, 5) is 24.5. The quantitative estimate of drug-likeness (QED) is 0.687. The van der Waals surface area contributed by atoms with Crippen LogP contribution in [0, 0.1) is 13.8 Å². The number of carbonyl (C=O) groups is 2. The zero-order valence-corrected chi connectivity index (χ0v) is 18.9. The molecule has 1 aliphatic rings. The van der Waals surface area contributed by atoms with Crippen molar-refractivity contribution in [1.82, 2.24) is 4.31 Å². The number of esters is 1. The molecule has 1 heterocycles. The van der Waals surface area contributed by atoms with Gasteiger partial charge in [-0.1, -0.05) is 12.5 Å². The van der Waals surface area contributed by atoms with Gasteiger partial charge in [-0.3, -0.25) is 4.79 Å². The number of amides is 1. The first-order valence-electron chi connectivity index (χ1n) is 10.3. The second kappa shape index (κ2) is 9.62. The van der Waals surface area contributed by atoms with E-state index in [1.807, 2.05) is 32.9 Å². The minimum atomic E-state index is -3.60. The Morgan fingerprint density at radius 1 is 1.06 bits per heavy atom. The predicted molar refractivity (Wildman–Crippen MR) is 118 cm³/mol. The van der Waals surface area contributed by atoms with Gasteiger partial charge in [-0.05, 0) is 81.1 Å². The van der Waals surface area contributed by atoms with Crippen molar-refractivity contribution in [2.45, 2.75) is 51.0 Å². The summed E-state index contributed by atoms with van der Waals surface area (Å²) in [6, 6.07) is 11.1. The molecular weight excluding hydrogens is 416 g/mol. The highest BCUT2D eigenvalue weighted by molar-refractivity contribution is 7.89. The van der Waals surface area contributed by atoms with Crippen molar-refractivity contribution >= 4 is 27.6 Å². The number of carbonyl (C=O) groups excluding carboxylic acids is 2. The number of ether oxygens (including phenoxy) is 1. The molecule has 1 amide bonds. The maximum absolute atomic E-state index is 12.9. The minimum absolute atomic E-state index is 0.0424. The molecule has 3 rings (SSSR count). The van der Waals surface area contributed by atoms with Crippen LogP contribution in [0.5, 0.6) is 0 Å². The van der Waals surface area contributed by atoms with Gasteiger partial charge in [0.1, 0.15) is 0 Å². The molecule has 1 fully saturated rings. The van der Waals surface area contributed by atoms with Gasteiger partial charge in [-0.25, -0.2) is 13.2 Å². The van der Waals surface area contributed by atoms with Gasteiger partial charge < -0.3 is 10.1 Å². The number of hydrogen-bond donors (Lipinski definition) is 1. The van der Waals surface area contributed by atoms with Gasteiger partial charge in [-0.2, -0.15) is 4.31 Å². The summed E-state index contributed by atoms with van der Waals surface area (Å²) in [7, 11) is -3.60. The van der Waals surface area contributed by atoms with E-state index in [4.69, 9.17) is 4.74 Å². The van der Waals surface area contributed by atoms with Crippen LogP contribution in [0.25, 0.3) is 0 Å². The Bertz CT molecular complexity index is 1060. The van der Waals surface area contributed by atoms with Crippen molar-refractivity contribution in [3.63, 3.8) is 0 Å². The van der Waals surface area contributed by atoms with Crippen LogP contribution in [-0.2, 0) is 19.6 Å². The summed E-state index contributed by atoms with van der Waals surface area (Å²) in [6.07, 6.45) is 2.71. The summed E-state index contributed by atoms with van der Waals surface area (Å²) in [5.41, 5.74) is 2.98. The fraction of sp³-hybridized carbons (Fsp3) is 0.391. The maximum Gasteiger partial charge on any atom is 0.338 e. The summed E-state index contributed by atoms with van der Waals surface area (Å²) >= 11 is 0. The zero-order valence-electron chi connectivity index (χ0n) is 18.1. The Labute approximate surface area is 183 Å². The van der Waals surface area contributed by atoms with Crippen LogP contribution in [0.3, 0.4) is 0 Å². The average Bonchev–Trinajstić information content (AvgIpc) is 2.75. The molecule has 2 aromatic carbocycles. The highest BCUT2D eigenvalue weighted by atomic mass is 32.2. The molecule has 0 saturated carbocycles. The molecule has 31 heavy (non-hydrogen) atoms. The van der Waals surface area contributed by atoms with Crippen LogP contribution in [0.15, 0.2) is 47.4 Å². The maximum atomic E-state index is 12.9. The summed E-state index contributed by atoms with van der Waals surface area (Å²) in [5.74, 6) is -1.14. The molecule has 0 aromatic heterocycles. The molecule has 7 nitrogen and oxygen atoms in total. The van der Waals surface area contributed by atoms with Gasteiger partial charge in [0.15, 0.2) is 6.61 Å². The highest BCUT2D eigenvalue weighted by Crippen LogP contribution is 2.25. The standard InChI is InChI=1S/C23H28N2O5S/c1-16-7-10-20(14-17(16)2)24-22(26)15-30-23(27)19-8-11-21(12-9-19)31(28,29)25-13-5-4-6-18(25)3/h7-12,14,18H,4-6,13,15H2,1-3H3,(H,24,26). The minimum Gasteiger partial charge on any atom is -0.452 e. The van der Waals surface area contributed by atoms with E-state index in [2.05, 4.69) is 5.32 Å². The number of anilines is 1. The molecule has 166 valence electrons. The topological polar surface area (TPSA) is 92.8 Å². The van der Waals surface area contributed by atoms with Crippen molar-refractivity contribution in [1.29, 1.82) is 0 Å². The van der Waals surface area contributed by atoms with E-state index in [-0.39, 0.29) is 16.5 Å². The number of hydrogen-bond acceptors (Lipinski definition) is 5. The lowest BCUT2D eigenvalue weighted by Crippen LogP contribution is -2.41. The number of nitrogens with one attached hydrogen (secondary N) is 1.